The van der Waals surface area contributed by atoms with Crippen LogP contribution in [0.2, 0.25) is 0 Å². The van der Waals surface area contributed by atoms with Crippen LogP contribution in [-0.2, 0) is 10.8 Å². The fourth-order valence-electron chi connectivity index (χ4n) is 0.971. The third-order valence-corrected chi connectivity index (χ3v) is 2.34. The molecule has 12 heavy (non-hydrogen) atoms. The van der Waals surface area contributed by atoms with Crippen molar-refractivity contribution in [3.05, 3.63) is 12.4 Å². The fourth-order valence-corrected chi connectivity index (χ4v) is 1.76. The minimum atomic E-state index is -0.761. The maximum absolute atomic E-state index is 10.8. The standard InChI is InChI=1S/C7H13N3OS/c1-6(5-12(2)11)10-7-8-3-4-9-7/h3-4,6H,5H2,1-2H3,(H2,8,9,10). The predicted molar refractivity (Wildman–Crippen MR) is 50.6 cm³/mol. The van der Waals surface area contributed by atoms with Crippen LogP contribution in [-0.4, -0.2) is 32.2 Å². The number of hydrogen-bond acceptors (Lipinski definition) is 3. The molecule has 0 aromatic carbocycles. The van der Waals surface area contributed by atoms with Crippen LogP contribution in [0.5, 0.6) is 0 Å². The molecule has 2 N–H and O–H groups in total. The molecular weight excluding hydrogens is 174 g/mol. The van der Waals surface area contributed by atoms with Crippen LogP contribution in [0.25, 0.3) is 0 Å². The van der Waals surface area contributed by atoms with E-state index in [1.807, 2.05) is 6.92 Å². The van der Waals surface area contributed by atoms with Crippen LogP contribution in [0.1, 0.15) is 6.92 Å². The molecule has 0 aliphatic heterocycles. The lowest BCUT2D eigenvalue weighted by Crippen LogP contribution is -2.22. The van der Waals surface area contributed by atoms with Crippen molar-refractivity contribution in [2.45, 2.75) is 13.0 Å². The first-order valence-corrected chi connectivity index (χ1v) is 5.47. The summed E-state index contributed by atoms with van der Waals surface area (Å²) in [5, 5.41) is 3.09. The first-order chi connectivity index (χ1) is 5.68. The predicted octanol–water partition coefficient (Wildman–Crippen LogP) is 0.589. The van der Waals surface area contributed by atoms with E-state index < -0.39 is 10.8 Å². The minimum Gasteiger partial charge on any atom is -0.352 e. The summed E-state index contributed by atoms with van der Waals surface area (Å²) in [7, 11) is -0.761. The van der Waals surface area contributed by atoms with E-state index in [0.29, 0.717) is 5.75 Å². The average Bonchev–Trinajstić information content (AvgIpc) is 2.37. The monoisotopic (exact) mass is 187 g/mol. The summed E-state index contributed by atoms with van der Waals surface area (Å²) in [5.74, 6) is 1.37. The quantitative estimate of drug-likeness (QED) is 0.725. The minimum absolute atomic E-state index is 0.182. The van der Waals surface area contributed by atoms with Crippen LogP contribution in [0.15, 0.2) is 12.4 Å². The molecule has 0 spiro atoms. The molecule has 4 nitrogen and oxygen atoms in total. The van der Waals surface area contributed by atoms with Gasteiger partial charge in [-0.3, -0.25) is 4.21 Å². The van der Waals surface area contributed by atoms with Crippen LogP contribution < -0.4 is 5.32 Å². The van der Waals surface area contributed by atoms with Crippen molar-refractivity contribution in [3.8, 4) is 0 Å². The number of hydrogen-bond donors (Lipinski definition) is 2. The summed E-state index contributed by atoms with van der Waals surface area (Å²) < 4.78 is 10.8. The average molecular weight is 187 g/mol. The second-order valence-electron chi connectivity index (χ2n) is 2.72. The first kappa shape index (κ1) is 9.25. The van der Waals surface area contributed by atoms with Gasteiger partial charge in [-0.05, 0) is 6.92 Å². The van der Waals surface area contributed by atoms with Gasteiger partial charge in [0.1, 0.15) is 0 Å². The Balaban J connectivity index is 2.36. The number of imidazole rings is 1. The Morgan fingerprint density at radius 3 is 3.08 bits per heavy atom. The number of nitrogens with zero attached hydrogens (tertiary/aromatic N) is 1. The van der Waals surface area contributed by atoms with Gasteiger partial charge in [0.2, 0.25) is 0 Å². The van der Waals surface area contributed by atoms with Crippen molar-refractivity contribution in [3.63, 3.8) is 0 Å². The smallest absolute Gasteiger partial charge is 0.200 e. The maximum Gasteiger partial charge on any atom is 0.200 e. The second-order valence-corrected chi connectivity index (χ2v) is 4.20. The lowest BCUT2D eigenvalue weighted by Gasteiger charge is -2.10. The van der Waals surface area contributed by atoms with Gasteiger partial charge in [-0.15, -0.1) is 0 Å². The Bertz CT molecular complexity index is 247. The Morgan fingerprint density at radius 2 is 2.58 bits per heavy atom. The number of rotatable bonds is 4. The van der Waals surface area contributed by atoms with Gasteiger partial charge in [-0.25, -0.2) is 4.98 Å². The molecule has 5 heteroatoms. The zero-order valence-corrected chi connectivity index (χ0v) is 8.02. The molecule has 1 heterocycles. The molecule has 0 aliphatic carbocycles. The van der Waals surface area contributed by atoms with Crippen molar-refractivity contribution in [1.82, 2.24) is 9.97 Å². The van der Waals surface area contributed by atoms with E-state index in [-0.39, 0.29) is 6.04 Å². The molecule has 2 atom stereocenters. The van der Waals surface area contributed by atoms with Gasteiger partial charge in [0.05, 0.1) is 0 Å². The van der Waals surface area contributed by atoms with Crippen molar-refractivity contribution in [2.75, 3.05) is 17.3 Å². The van der Waals surface area contributed by atoms with Gasteiger partial charge in [-0.1, -0.05) is 0 Å². The second kappa shape index (κ2) is 4.25. The van der Waals surface area contributed by atoms with E-state index in [0.717, 1.165) is 5.95 Å². The lowest BCUT2D eigenvalue weighted by molar-refractivity contribution is 0.682. The van der Waals surface area contributed by atoms with Gasteiger partial charge in [0.15, 0.2) is 5.95 Å². The highest BCUT2D eigenvalue weighted by atomic mass is 32.2. The summed E-state index contributed by atoms with van der Waals surface area (Å²) in [6.07, 6.45) is 5.12. The summed E-state index contributed by atoms with van der Waals surface area (Å²) in [4.78, 5) is 6.92. The van der Waals surface area contributed by atoms with Crippen molar-refractivity contribution >= 4 is 16.7 Å². The molecule has 0 fully saturated rings. The molecule has 0 amide bonds. The van der Waals surface area contributed by atoms with Gasteiger partial charge in [0.25, 0.3) is 0 Å². The molecule has 1 rings (SSSR count). The molecule has 0 aliphatic rings. The fraction of sp³-hybridized carbons (Fsp3) is 0.571. The Morgan fingerprint density at radius 1 is 1.83 bits per heavy atom. The Labute approximate surface area is 74.2 Å². The van der Waals surface area contributed by atoms with E-state index in [1.54, 1.807) is 18.6 Å². The van der Waals surface area contributed by atoms with E-state index in [9.17, 15) is 4.21 Å². The SMILES string of the molecule is CC(CS(C)=O)Nc1ncc[nH]1. The van der Waals surface area contributed by atoms with Crippen LogP contribution >= 0.6 is 0 Å². The third kappa shape index (κ3) is 3.04. The normalized spacial score (nSPS) is 15.5. The van der Waals surface area contributed by atoms with Gasteiger partial charge in [-0.2, -0.15) is 0 Å². The Kier molecular flexibility index (Phi) is 3.28. The lowest BCUT2D eigenvalue weighted by atomic mass is 10.4. The Hall–Kier alpha value is -0.840. The molecule has 1 aromatic rings. The summed E-state index contributed by atoms with van der Waals surface area (Å²) in [6.45, 7) is 1.98. The number of aromatic nitrogens is 2. The largest absolute Gasteiger partial charge is 0.352 e. The van der Waals surface area contributed by atoms with E-state index in [4.69, 9.17) is 0 Å². The molecule has 68 valence electrons. The number of H-pyrrole nitrogens is 1. The van der Waals surface area contributed by atoms with Gasteiger partial charge in [0, 0.05) is 41.2 Å². The van der Waals surface area contributed by atoms with E-state index in [1.165, 1.54) is 0 Å². The molecular formula is C7H13N3OS. The third-order valence-electron chi connectivity index (χ3n) is 1.37. The number of aromatic amines is 1. The van der Waals surface area contributed by atoms with Gasteiger partial charge >= 0.3 is 0 Å². The molecule has 0 saturated heterocycles. The van der Waals surface area contributed by atoms with Crippen molar-refractivity contribution < 1.29 is 4.21 Å². The molecule has 0 radical (unpaired) electrons. The number of anilines is 1. The molecule has 1 aromatic heterocycles. The zero-order chi connectivity index (χ0) is 8.97. The molecule has 0 bridgehead atoms. The number of nitrogens with one attached hydrogen (secondary N) is 2. The summed E-state index contributed by atoms with van der Waals surface area (Å²) in [6, 6.07) is 0.182. The summed E-state index contributed by atoms with van der Waals surface area (Å²) in [5.41, 5.74) is 0. The zero-order valence-electron chi connectivity index (χ0n) is 7.20. The van der Waals surface area contributed by atoms with Crippen molar-refractivity contribution in [1.29, 1.82) is 0 Å². The highest BCUT2D eigenvalue weighted by molar-refractivity contribution is 7.84. The van der Waals surface area contributed by atoms with E-state index >= 15 is 0 Å². The van der Waals surface area contributed by atoms with Crippen molar-refractivity contribution in [2.24, 2.45) is 0 Å². The van der Waals surface area contributed by atoms with Crippen LogP contribution in [0, 0.1) is 0 Å². The molecule has 2 unspecified atom stereocenters. The van der Waals surface area contributed by atoms with Crippen LogP contribution in [0.3, 0.4) is 0 Å². The maximum atomic E-state index is 10.8. The highest BCUT2D eigenvalue weighted by Crippen LogP contribution is 1.98. The van der Waals surface area contributed by atoms with Crippen LogP contribution in [0.4, 0.5) is 5.95 Å². The van der Waals surface area contributed by atoms with Gasteiger partial charge < -0.3 is 10.3 Å². The van der Waals surface area contributed by atoms with E-state index in [2.05, 4.69) is 15.3 Å². The topological polar surface area (TPSA) is 57.8 Å². The highest BCUT2D eigenvalue weighted by Gasteiger charge is 2.04. The summed E-state index contributed by atoms with van der Waals surface area (Å²) >= 11 is 0. The molecule has 0 saturated carbocycles. The first-order valence-electron chi connectivity index (χ1n) is 3.74.